The number of benzene rings is 1. The number of nitrogens with zero attached hydrogens (tertiary/aromatic N) is 1. The van der Waals surface area contributed by atoms with Crippen LogP contribution in [0.4, 0.5) is 4.39 Å². The van der Waals surface area contributed by atoms with Crippen molar-refractivity contribution in [3.8, 4) is 0 Å². The normalized spacial score (nSPS) is 17.4. The molecule has 1 aliphatic carbocycles. The standard InChI is InChI=1S/C15H21FN2O2/c16-14-12(7-4-8-13(14)15(17)18-19)10-20-9-11-5-2-1-3-6-11/h4,7-8,11,19H,1-3,5-6,9-10H2,(H2,17,18). The second-order valence-electron chi connectivity index (χ2n) is 5.28. The summed E-state index contributed by atoms with van der Waals surface area (Å²) in [5, 5.41) is 11.4. The predicted molar refractivity (Wildman–Crippen MR) is 75.1 cm³/mol. The lowest BCUT2D eigenvalue weighted by Gasteiger charge is -2.21. The van der Waals surface area contributed by atoms with Crippen LogP contribution in [-0.2, 0) is 11.3 Å². The molecule has 5 heteroatoms. The van der Waals surface area contributed by atoms with Crippen LogP contribution in [-0.4, -0.2) is 17.6 Å². The van der Waals surface area contributed by atoms with Crippen molar-refractivity contribution in [1.29, 1.82) is 0 Å². The Hall–Kier alpha value is -1.62. The molecule has 0 heterocycles. The van der Waals surface area contributed by atoms with Gasteiger partial charge in [0.05, 0.1) is 12.2 Å². The van der Waals surface area contributed by atoms with Crippen LogP contribution in [0.2, 0.25) is 0 Å². The Morgan fingerprint density at radius 3 is 2.80 bits per heavy atom. The first-order chi connectivity index (χ1) is 9.72. The highest BCUT2D eigenvalue weighted by molar-refractivity contribution is 5.97. The fraction of sp³-hybridized carbons (Fsp3) is 0.533. The van der Waals surface area contributed by atoms with Crippen molar-refractivity contribution in [3.63, 3.8) is 0 Å². The Morgan fingerprint density at radius 1 is 1.35 bits per heavy atom. The zero-order valence-electron chi connectivity index (χ0n) is 11.5. The van der Waals surface area contributed by atoms with Crippen LogP contribution in [0.25, 0.3) is 0 Å². The first-order valence-electron chi connectivity index (χ1n) is 7.05. The summed E-state index contributed by atoms with van der Waals surface area (Å²) in [5.74, 6) is -0.109. The molecule has 0 aliphatic heterocycles. The molecule has 0 amide bonds. The van der Waals surface area contributed by atoms with Gasteiger partial charge in [-0.05, 0) is 24.8 Å². The summed E-state index contributed by atoms with van der Waals surface area (Å²) in [6.07, 6.45) is 6.25. The van der Waals surface area contributed by atoms with Crippen LogP contribution < -0.4 is 5.73 Å². The van der Waals surface area contributed by atoms with E-state index in [9.17, 15) is 4.39 Å². The van der Waals surface area contributed by atoms with Crippen LogP contribution in [0.3, 0.4) is 0 Å². The maximum absolute atomic E-state index is 14.1. The second kappa shape index (κ2) is 7.24. The highest BCUT2D eigenvalue weighted by atomic mass is 19.1. The van der Waals surface area contributed by atoms with E-state index in [1.807, 2.05) is 0 Å². The van der Waals surface area contributed by atoms with Gasteiger partial charge >= 0.3 is 0 Å². The van der Waals surface area contributed by atoms with E-state index >= 15 is 0 Å². The summed E-state index contributed by atoms with van der Waals surface area (Å²) in [6.45, 7) is 0.891. The van der Waals surface area contributed by atoms with Gasteiger partial charge in [0.15, 0.2) is 5.84 Å². The minimum Gasteiger partial charge on any atom is -0.409 e. The van der Waals surface area contributed by atoms with Crippen LogP contribution in [0.1, 0.15) is 43.2 Å². The average molecular weight is 280 g/mol. The summed E-state index contributed by atoms with van der Waals surface area (Å²) >= 11 is 0. The average Bonchev–Trinajstić information content (AvgIpc) is 2.49. The largest absolute Gasteiger partial charge is 0.409 e. The summed E-state index contributed by atoms with van der Waals surface area (Å²) in [5.41, 5.74) is 5.97. The lowest BCUT2D eigenvalue weighted by Crippen LogP contribution is -2.17. The third-order valence-corrected chi connectivity index (χ3v) is 3.80. The molecule has 4 nitrogen and oxygen atoms in total. The van der Waals surface area contributed by atoms with E-state index in [1.54, 1.807) is 12.1 Å². The molecular formula is C15H21FN2O2. The predicted octanol–water partition coefficient (Wildman–Crippen LogP) is 3.02. The minimum absolute atomic E-state index is 0.103. The topological polar surface area (TPSA) is 67.8 Å². The van der Waals surface area contributed by atoms with Crippen molar-refractivity contribution in [3.05, 3.63) is 35.1 Å². The maximum atomic E-state index is 14.1. The van der Waals surface area contributed by atoms with Crippen LogP contribution in [0.5, 0.6) is 0 Å². The highest BCUT2D eigenvalue weighted by Gasteiger charge is 2.15. The van der Waals surface area contributed by atoms with Gasteiger partial charge in [0.25, 0.3) is 0 Å². The Labute approximate surface area is 118 Å². The van der Waals surface area contributed by atoms with Gasteiger partial charge in [0, 0.05) is 12.2 Å². The third kappa shape index (κ3) is 3.70. The molecule has 1 fully saturated rings. The molecule has 1 aromatic rings. The van der Waals surface area contributed by atoms with Gasteiger partial charge in [-0.3, -0.25) is 0 Å². The number of hydrogen-bond acceptors (Lipinski definition) is 3. The maximum Gasteiger partial charge on any atom is 0.173 e. The van der Waals surface area contributed by atoms with E-state index in [0.717, 1.165) is 0 Å². The summed E-state index contributed by atoms with van der Waals surface area (Å²) in [6, 6.07) is 4.81. The van der Waals surface area contributed by atoms with Gasteiger partial charge < -0.3 is 15.7 Å². The van der Waals surface area contributed by atoms with Gasteiger partial charge in [-0.25, -0.2) is 4.39 Å². The molecule has 0 unspecified atom stereocenters. The van der Waals surface area contributed by atoms with Crippen molar-refractivity contribution in [2.75, 3.05) is 6.61 Å². The fourth-order valence-electron chi connectivity index (χ4n) is 2.63. The molecule has 20 heavy (non-hydrogen) atoms. The Bertz CT molecular complexity index is 471. The molecule has 1 aliphatic rings. The van der Waals surface area contributed by atoms with E-state index in [0.29, 0.717) is 18.1 Å². The molecule has 3 N–H and O–H groups in total. The molecule has 1 aromatic carbocycles. The van der Waals surface area contributed by atoms with Crippen LogP contribution in [0.15, 0.2) is 23.4 Å². The van der Waals surface area contributed by atoms with Gasteiger partial charge in [-0.2, -0.15) is 0 Å². The number of amidine groups is 1. The summed E-state index contributed by atoms with van der Waals surface area (Å²) in [7, 11) is 0. The molecule has 0 spiro atoms. The lowest BCUT2D eigenvalue weighted by atomic mass is 9.90. The van der Waals surface area contributed by atoms with Crippen LogP contribution in [0, 0.1) is 11.7 Å². The number of halogens is 1. The van der Waals surface area contributed by atoms with Crippen molar-refractivity contribution >= 4 is 5.84 Å². The Balaban J connectivity index is 1.92. The Morgan fingerprint density at radius 2 is 2.10 bits per heavy atom. The van der Waals surface area contributed by atoms with E-state index in [2.05, 4.69) is 5.16 Å². The molecule has 1 saturated carbocycles. The summed E-state index contributed by atoms with van der Waals surface area (Å²) < 4.78 is 19.7. The van der Waals surface area contributed by atoms with E-state index in [1.165, 1.54) is 38.2 Å². The zero-order chi connectivity index (χ0) is 14.4. The van der Waals surface area contributed by atoms with Crippen molar-refractivity contribution < 1.29 is 14.3 Å². The molecule has 110 valence electrons. The van der Waals surface area contributed by atoms with E-state index in [-0.39, 0.29) is 18.0 Å². The van der Waals surface area contributed by atoms with E-state index < -0.39 is 5.82 Å². The SMILES string of the molecule is N/C(=N/O)c1cccc(COCC2CCCCC2)c1F. The number of hydrogen-bond donors (Lipinski definition) is 2. The Kier molecular flexibility index (Phi) is 5.35. The number of ether oxygens (including phenoxy) is 1. The van der Waals surface area contributed by atoms with Crippen molar-refractivity contribution in [1.82, 2.24) is 0 Å². The smallest absolute Gasteiger partial charge is 0.173 e. The minimum atomic E-state index is -0.480. The molecule has 0 saturated heterocycles. The lowest BCUT2D eigenvalue weighted by molar-refractivity contribution is 0.0723. The molecule has 0 radical (unpaired) electrons. The first kappa shape index (κ1) is 14.8. The van der Waals surface area contributed by atoms with E-state index in [4.69, 9.17) is 15.7 Å². The van der Waals surface area contributed by atoms with Crippen LogP contribution >= 0.6 is 0 Å². The molecule has 0 aromatic heterocycles. The van der Waals surface area contributed by atoms with Gasteiger partial charge in [0.1, 0.15) is 5.82 Å². The van der Waals surface area contributed by atoms with Gasteiger partial charge in [-0.15, -0.1) is 0 Å². The number of nitrogens with two attached hydrogens (primary N) is 1. The molecular weight excluding hydrogens is 259 g/mol. The van der Waals surface area contributed by atoms with Gasteiger partial charge in [-0.1, -0.05) is 36.6 Å². The van der Waals surface area contributed by atoms with Crippen molar-refractivity contribution in [2.24, 2.45) is 16.8 Å². The zero-order valence-corrected chi connectivity index (χ0v) is 11.5. The number of oxime groups is 1. The monoisotopic (exact) mass is 280 g/mol. The quantitative estimate of drug-likeness (QED) is 0.377. The highest BCUT2D eigenvalue weighted by Crippen LogP contribution is 2.24. The molecule has 2 rings (SSSR count). The van der Waals surface area contributed by atoms with Crippen molar-refractivity contribution in [2.45, 2.75) is 38.7 Å². The first-order valence-corrected chi connectivity index (χ1v) is 7.05. The number of rotatable bonds is 5. The van der Waals surface area contributed by atoms with Gasteiger partial charge in [0.2, 0.25) is 0 Å². The molecule has 0 atom stereocenters. The second-order valence-corrected chi connectivity index (χ2v) is 5.28. The summed E-state index contributed by atoms with van der Waals surface area (Å²) in [4.78, 5) is 0. The fourth-order valence-corrected chi connectivity index (χ4v) is 2.63. The third-order valence-electron chi connectivity index (χ3n) is 3.80. The molecule has 0 bridgehead atoms.